The minimum atomic E-state index is -0.357. The number of amides is 1. The van der Waals surface area contributed by atoms with Crippen LogP contribution in [0.4, 0.5) is 0 Å². The largest absolute Gasteiger partial charge is 0.469 e. The molecular weight excluding hydrogens is 238 g/mol. The second kappa shape index (κ2) is 6.67. The molecule has 0 aliphatic heterocycles. The molecule has 100 valence electrons. The van der Waals surface area contributed by atoms with Crippen LogP contribution in [0.25, 0.3) is 0 Å². The normalized spacial score (nSPS) is 10.4. The highest BCUT2D eigenvalue weighted by Gasteiger charge is 2.21. The van der Waals surface area contributed by atoms with Gasteiger partial charge in [0.05, 0.1) is 13.5 Å². The predicted octanol–water partition coefficient (Wildman–Crippen LogP) is -0.139. The van der Waals surface area contributed by atoms with Crippen molar-refractivity contribution in [2.45, 2.75) is 20.3 Å². The van der Waals surface area contributed by atoms with E-state index in [1.165, 1.54) is 12.0 Å². The first-order chi connectivity index (χ1) is 8.54. The van der Waals surface area contributed by atoms with E-state index in [1.54, 1.807) is 0 Å². The molecule has 0 aromatic carbocycles. The number of carbonyl (C=O) groups excluding carboxylic acids is 2. The van der Waals surface area contributed by atoms with Crippen molar-refractivity contribution < 1.29 is 14.3 Å². The zero-order valence-electron chi connectivity index (χ0n) is 10.7. The molecule has 1 amide bonds. The van der Waals surface area contributed by atoms with Gasteiger partial charge in [-0.05, 0) is 11.1 Å². The molecule has 0 saturated carbocycles. The molecule has 1 aromatic heterocycles. The molecule has 0 fully saturated rings. The lowest BCUT2D eigenvalue weighted by molar-refractivity contribution is -0.140. The number of methoxy groups -OCH3 is 1. The van der Waals surface area contributed by atoms with Gasteiger partial charge in [-0.25, -0.2) is 0 Å². The van der Waals surface area contributed by atoms with E-state index in [2.05, 4.69) is 25.4 Å². The second-order valence-electron chi connectivity index (χ2n) is 4.21. The van der Waals surface area contributed by atoms with Crippen LogP contribution in [-0.4, -0.2) is 57.6 Å². The summed E-state index contributed by atoms with van der Waals surface area (Å²) in [5.41, 5.74) is 0. The van der Waals surface area contributed by atoms with Gasteiger partial charge in [-0.2, -0.15) is 5.21 Å². The number of hydrogen-bond acceptors (Lipinski definition) is 6. The van der Waals surface area contributed by atoms with Crippen molar-refractivity contribution in [3.63, 3.8) is 0 Å². The number of tetrazole rings is 1. The first-order valence-electron chi connectivity index (χ1n) is 5.64. The minimum absolute atomic E-state index is 0.000478. The van der Waals surface area contributed by atoms with Crippen LogP contribution in [0, 0.1) is 5.92 Å². The van der Waals surface area contributed by atoms with E-state index in [4.69, 9.17) is 0 Å². The zero-order valence-corrected chi connectivity index (χ0v) is 10.7. The first kappa shape index (κ1) is 14.1. The van der Waals surface area contributed by atoms with Gasteiger partial charge < -0.3 is 9.64 Å². The predicted molar refractivity (Wildman–Crippen MR) is 61.6 cm³/mol. The average Bonchev–Trinajstić information content (AvgIpc) is 2.86. The fraction of sp³-hybridized carbons (Fsp3) is 0.700. The topological polar surface area (TPSA) is 101 Å². The Labute approximate surface area is 105 Å². The first-order valence-corrected chi connectivity index (χ1v) is 5.64. The SMILES string of the molecule is COC(=O)CCN(CC(C)C)C(=O)c1nn[nH]n1. The highest BCUT2D eigenvalue weighted by Crippen LogP contribution is 2.04. The molecule has 0 spiro atoms. The summed E-state index contributed by atoms with van der Waals surface area (Å²) in [5, 5.41) is 12.8. The van der Waals surface area contributed by atoms with E-state index < -0.39 is 0 Å². The average molecular weight is 255 g/mol. The number of esters is 1. The smallest absolute Gasteiger partial charge is 0.307 e. The quantitative estimate of drug-likeness (QED) is 0.710. The van der Waals surface area contributed by atoms with Gasteiger partial charge in [-0.15, -0.1) is 10.2 Å². The van der Waals surface area contributed by atoms with E-state index in [0.29, 0.717) is 6.54 Å². The highest BCUT2D eigenvalue weighted by molar-refractivity contribution is 5.90. The van der Waals surface area contributed by atoms with Gasteiger partial charge in [-0.1, -0.05) is 13.8 Å². The van der Waals surface area contributed by atoms with Crippen LogP contribution < -0.4 is 0 Å². The van der Waals surface area contributed by atoms with Crippen molar-refractivity contribution in [2.24, 2.45) is 5.92 Å². The molecule has 1 aromatic rings. The number of ether oxygens (including phenoxy) is 1. The lowest BCUT2D eigenvalue weighted by Crippen LogP contribution is -2.36. The van der Waals surface area contributed by atoms with Crippen LogP contribution in [-0.2, 0) is 9.53 Å². The van der Waals surface area contributed by atoms with Crippen molar-refractivity contribution in [2.75, 3.05) is 20.2 Å². The maximum atomic E-state index is 12.0. The van der Waals surface area contributed by atoms with Crippen molar-refractivity contribution >= 4 is 11.9 Å². The van der Waals surface area contributed by atoms with Crippen LogP contribution in [0.15, 0.2) is 0 Å². The Morgan fingerprint density at radius 2 is 2.17 bits per heavy atom. The summed E-state index contributed by atoms with van der Waals surface area (Å²) in [5.74, 6) is -0.426. The monoisotopic (exact) mass is 255 g/mol. The number of H-pyrrole nitrogens is 1. The molecule has 1 N–H and O–H groups in total. The molecule has 8 heteroatoms. The fourth-order valence-electron chi connectivity index (χ4n) is 1.44. The number of rotatable bonds is 6. The Bertz CT molecular complexity index is 390. The van der Waals surface area contributed by atoms with Crippen molar-refractivity contribution in [3.05, 3.63) is 5.82 Å². The molecule has 0 atom stereocenters. The van der Waals surface area contributed by atoms with Crippen LogP contribution in [0.5, 0.6) is 0 Å². The van der Waals surface area contributed by atoms with Crippen LogP contribution in [0.2, 0.25) is 0 Å². The summed E-state index contributed by atoms with van der Waals surface area (Å²) >= 11 is 0. The van der Waals surface area contributed by atoms with E-state index in [0.717, 1.165) is 0 Å². The van der Waals surface area contributed by atoms with Gasteiger partial charge in [0.25, 0.3) is 11.7 Å². The number of hydrogen-bond donors (Lipinski definition) is 1. The number of aromatic nitrogens is 4. The molecule has 1 heterocycles. The maximum Gasteiger partial charge on any atom is 0.307 e. The Morgan fingerprint density at radius 3 is 2.67 bits per heavy atom. The molecule has 0 saturated heterocycles. The van der Waals surface area contributed by atoms with Gasteiger partial charge in [-0.3, -0.25) is 9.59 Å². The van der Waals surface area contributed by atoms with E-state index in [-0.39, 0.29) is 36.6 Å². The third-order valence-electron chi connectivity index (χ3n) is 2.22. The highest BCUT2D eigenvalue weighted by atomic mass is 16.5. The second-order valence-corrected chi connectivity index (χ2v) is 4.21. The van der Waals surface area contributed by atoms with Crippen molar-refractivity contribution in [1.82, 2.24) is 25.5 Å². The van der Waals surface area contributed by atoms with Crippen LogP contribution in [0.3, 0.4) is 0 Å². The lowest BCUT2D eigenvalue weighted by atomic mass is 10.2. The van der Waals surface area contributed by atoms with Gasteiger partial charge in [0.1, 0.15) is 0 Å². The summed E-state index contributed by atoms with van der Waals surface area (Å²) in [6.45, 7) is 4.76. The number of nitrogens with zero attached hydrogens (tertiary/aromatic N) is 4. The summed E-state index contributed by atoms with van der Waals surface area (Å²) in [6.07, 6.45) is 0.146. The summed E-state index contributed by atoms with van der Waals surface area (Å²) < 4.78 is 4.55. The van der Waals surface area contributed by atoms with Crippen LogP contribution in [0.1, 0.15) is 30.9 Å². The summed E-state index contributed by atoms with van der Waals surface area (Å²) in [7, 11) is 1.32. The molecule has 0 bridgehead atoms. The molecular formula is C10H17N5O3. The molecule has 0 aliphatic carbocycles. The van der Waals surface area contributed by atoms with E-state index in [1.807, 2.05) is 13.8 Å². The third-order valence-corrected chi connectivity index (χ3v) is 2.22. The zero-order chi connectivity index (χ0) is 13.5. The molecule has 1 rings (SSSR count). The third kappa shape index (κ3) is 4.11. The molecule has 0 unspecified atom stereocenters. The Morgan fingerprint density at radius 1 is 1.44 bits per heavy atom. The van der Waals surface area contributed by atoms with Gasteiger partial charge in [0.15, 0.2) is 0 Å². The number of aromatic amines is 1. The Kier molecular flexibility index (Phi) is 5.22. The number of nitrogens with one attached hydrogen (secondary N) is 1. The van der Waals surface area contributed by atoms with Crippen LogP contribution >= 0.6 is 0 Å². The van der Waals surface area contributed by atoms with Crippen molar-refractivity contribution in [3.8, 4) is 0 Å². The van der Waals surface area contributed by atoms with E-state index in [9.17, 15) is 9.59 Å². The molecule has 8 nitrogen and oxygen atoms in total. The standard InChI is InChI=1S/C10H17N5O3/c1-7(2)6-15(5-4-8(16)18-3)10(17)9-11-13-14-12-9/h7H,4-6H2,1-3H3,(H,11,12,13,14). The Balaban J connectivity index is 2.65. The summed E-state index contributed by atoms with van der Waals surface area (Å²) in [6, 6.07) is 0. The van der Waals surface area contributed by atoms with Gasteiger partial charge in [0, 0.05) is 13.1 Å². The van der Waals surface area contributed by atoms with E-state index >= 15 is 0 Å². The number of carbonyl (C=O) groups is 2. The lowest BCUT2D eigenvalue weighted by Gasteiger charge is -2.22. The molecule has 18 heavy (non-hydrogen) atoms. The fourth-order valence-corrected chi connectivity index (χ4v) is 1.44. The van der Waals surface area contributed by atoms with Crippen molar-refractivity contribution in [1.29, 1.82) is 0 Å². The minimum Gasteiger partial charge on any atom is -0.469 e. The maximum absolute atomic E-state index is 12.0. The van der Waals surface area contributed by atoms with Gasteiger partial charge in [0.2, 0.25) is 0 Å². The molecule has 0 radical (unpaired) electrons. The van der Waals surface area contributed by atoms with Gasteiger partial charge >= 0.3 is 5.97 Å². The molecule has 0 aliphatic rings. The summed E-state index contributed by atoms with van der Waals surface area (Å²) in [4.78, 5) is 24.7. The Hall–Kier alpha value is -1.99.